The first-order chi connectivity index (χ1) is 16.5. The van der Waals surface area contributed by atoms with Crippen LogP contribution in [0.2, 0.25) is 0 Å². The fraction of sp³-hybridized carbons (Fsp3) is 0.292. The van der Waals surface area contributed by atoms with Crippen LogP contribution in [0.5, 0.6) is 5.75 Å². The molecule has 1 fully saturated rings. The van der Waals surface area contributed by atoms with Gasteiger partial charge in [-0.3, -0.25) is 4.79 Å². The molecule has 34 heavy (non-hydrogen) atoms. The molecule has 1 aromatic carbocycles. The van der Waals surface area contributed by atoms with Crippen LogP contribution in [0, 0.1) is 5.82 Å². The van der Waals surface area contributed by atoms with Crippen molar-refractivity contribution in [2.75, 3.05) is 44.1 Å². The van der Waals surface area contributed by atoms with E-state index in [1.807, 2.05) is 6.07 Å². The SMILES string of the molecule is C=CC(=O)N[C@H]1COC[C@H]1Nc1cc2c(NCCO)nc(-c3cccc(OC)c3F)cc2cn1. The summed E-state index contributed by atoms with van der Waals surface area (Å²) in [7, 11) is 1.41. The van der Waals surface area contributed by atoms with E-state index >= 15 is 0 Å². The molecule has 10 heteroatoms. The minimum atomic E-state index is -0.509. The zero-order chi connectivity index (χ0) is 24.1. The number of pyridine rings is 2. The average molecular weight is 468 g/mol. The van der Waals surface area contributed by atoms with Crippen molar-refractivity contribution in [3.8, 4) is 17.0 Å². The number of nitrogens with zero attached hydrogens (tertiary/aromatic N) is 2. The smallest absolute Gasteiger partial charge is 0.243 e. The molecular weight excluding hydrogens is 441 g/mol. The summed E-state index contributed by atoms with van der Waals surface area (Å²) >= 11 is 0. The number of rotatable bonds is 9. The molecule has 0 bridgehead atoms. The number of nitrogens with one attached hydrogen (secondary N) is 3. The summed E-state index contributed by atoms with van der Waals surface area (Å²) < 4.78 is 25.5. The molecule has 1 aliphatic heterocycles. The van der Waals surface area contributed by atoms with Gasteiger partial charge in [-0.05, 0) is 30.3 Å². The van der Waals surface area contributed by atoms with Crippen LogP contribution >= 0.6 is 0 Å². The van der Waals surface area contributed by atoms with Gasteiger partial charge in [0.1, 0.15) is 11.6 Å². The molecule has 3 heterocycles. The standard InChI is InChI=1S/C24H26FN5O4/c1-3-22(32)29-19-13-34-12-18(19)28-21-10-16-14(11-27-21)9-17(30-24(16)26-7-8-31)15-5-4-6-20(33-2)23(15)25/h3-6,9-11,18-19,31H,1,7-8,12-13H2,2H3,(H,26,30)(H,27,28)(H,29,32)/t18-,19+/m1/s1. The fourth-order valence-electron chi connectivity index (χ4n) is 3.81. The van der Waals surface area contributed by atoms with Crippen LogP contribution in [0.3, 0.4) is 0 Å². The molecule has 9 nitrogen and oxygen atoms in total. The zero-order valence-electron chi connectivity index (χ0n) is 18.7. The lowest BCUT2D eigenvalue weighted by molar-refractivity contribution is -0.117. The number of aliphatic hydroxyl groups is 1. The van der Waals surface area contributed by atoms with Crippen molar-refractivity contribution < 1.29 is 23.8 Å². The quantitative estimate of drug-likeness (QED) is 0.354. The molecule has 0 aliphatic carbocycles. The van der Waals surface area contributed by atoms with Crippen molar-refractivity contribution in [1.82, 2.24) is 15.3 Å². The summed E-state index contributed by atoms with van der Waals surface area (Å²) in [5, 5.41) is 20.0. The number of methoxy groups -OCH3 is 1. The van der Waals surface area contributed by atoms with E-state index in [1.165, 1.54) is 13.2 Å². The Morgan fingerprint density at radius 1 is 1.35 bits per heavy atom. The second-order valence-electron chi connectivity index (χ2n) is 7.73. The van der Waals surface area contributed by atoms with Crippen LogP contribution in [-0.4, -0.2) is 66.5 Å². The predicted octanol–water partition coefficient (Wildman–Crippen LogP) is 2.33. The lowest BCUT2D eigenvalue weighted by Gasteiger charge is -2.20. The van der Waals surface area contributed by atoms with E-state index in [1.54, 1.807) is 30.5 Å². The highest BCUT2D eigenvalue weighted by Gasteiger charge is 2.29. The Labute approximate surface area is 196 Å². The monoisotopic (exact) mass is 467 g/mol. The number of carbonyl (C=O) groups excluding carboxylic acids is 1. The number of ether oxygens (including phenoxy) is 2. The van der Waals surface area contributed by atoms with E-state index < -0.39 is 5.82 Å². The van der Waals surface area contributed by atoms with Gasteiger partial charge in [0.05, 0.1) is 44.7 Å². The Kier molecular flexibility index (Phi) is 7.19. The summed E-state index contributed by atoms with van der Waals surface area (Å²) in [4.78, 5) is 20.8. The summed E-state index contributed by atoms with van der Waals surface area (Å²) in [5.74, 6) is 0.387. The Morgan fingerprint density at radius 3 is 2.94 bits per heavy atom. The third kappa shape index (κ3) is 4.92. The van der Waals surface area contributed by atoms with E-state index in [0.29, 0.717) is 36.1 Å². The van der Waals surface area contributed by atoms with Crippen LogP contribution in [0.1, 0.15) is 0 Å². The third-order valence-corrected chi connectivity index (χ3v) is 5.50. The highest BCUT2D eigenvalue weighted by molar-refractivity contribution is 5.95. The molecule has 1 aliphatic rings. The second kappa shape index (κ2) is 10.4. The predicted molar refractivity (Wildman–Crippen MR) is 127 cm³/mol. The van der Waals surface area contributed by atoms with Gasteiger partial charge in [-0.1, -0.05) is 12.6 Å². The van der Waals surface area contributed by atoms with Crippen LogP contribution in [0.15, 0.2) is 49.2 Å². The zero-order valence-corrected chi connectivity index (χ0v) is 18.7. The maximum Gasteiger partial charge on any atom is 0.243 e. The molecule has 178 valence electrons. The van der Waals surface area contributed by atoms with Crippen molar-refractivity contribution in [3.05, 3.63) is 55.0 Å². The first kappa shape index (κ1) is 23.4. The number of anilines is 2. The van der Waals surface area contributed by atoms with E-state index in [2.05, 4.69) is 32.5 Å². The maximum absolute atomic E-state index is 14.9. The molecule has 0 radical (unpaired) electrons. The third-order valence-electron chi connectivity index (χ3n) is 5.50. The summed E-state index contributed by atoms with van der Waals surface area (Å²) in [6.45, 7) is 4.43. The van der Waals surface area contributed by atoms with Crippen molar-refractivity contribution >= 4 is 28.3 Å². The average Bonchev–Trinajstić information content (AvgIpc) is 3.28. The lowest BCUT2D eigenvalue weighted by atomic mass is 10.1. The number of hydrogen-bond donors (Lipinski definition) is 4. The highest BCUT2D eigenvalue weighted by atomic mass is 19.1. The molecule has 4 N–H and O–H groups in total. The van der Waals surface area contributed by atoms with Gasteiger partial charge < -0.3 is 30.5 Å². The van der Waals surface area contributed by atoms with Crippen molar-refractivity contribution in [2.45, 2.75) is 12.1 Å². The minimum absolute atomic E-state index is 0.0960. The van der Waals surface area contributed by atoms with Crippen LogP contribution in [0.4, 0.5) is 16.0 Å². The van der Waals surface area contributed by atoms with Gasteiger partial charge in [-0.15, -0.1) is 0 Å². The van der Waals surface area contributed by atoms with E-state index in [0.717, 1.165) is 10.8 Å². The summed E-state index contributed by atoms with van der Waals surface area (Å²) in [6.07, 6.45) is 2.88. The normalized spacial score (nSPS) is 17.4. The Morgan fingerprint density at radius 2 is 2.18 bits per heavy atom. The van der Waals surface area contributed by atoms with E-state index in [9.17, 15) is 14.3 Å². The number of aromatic nitrogens is 2. The Bertz CT molecular complexity index is 1210. The number of fused-ring (bicyclic) bond motifs is 1. The van der Waals surface area contributed by atoms with Gasteiger partial charge >= 0.3 is 0 Å². The summed E-state index contributed by atoms with van der Waals surface area (Å²) in [6, 6.07) is 8.02. The molecule has 1 amide bonds. The lowest BCUT2D eigenvalue weighted by Crippen LogP contribution is -2.45. The number of carbonyl (C=O) groups is 1. The minimum Gasteiger partial charge on any atom is -0.494 e. The molecule has 2 atom stereocenters. The molecule has 1 saturated heterocycles. The first-order valence-corrected chi connectivity index (χ1v) is 10.8. The number of aliphatic hydroxyl groups excluding tert-OH is 1. The molecular formula is C24H26FN5O4. The number of amides is 1. The van der Waals surface area contributed by atoms with Gasteiger partial charge in [0.2, 0.25) is 5.91 Å². The molecule has 0 saturated carbocycles. The Balaban J connectivity index is 1.69. The fourth-order valence-corrected chi connectivity index (χ4v) is 3.81. The molecule has 4 rings (SSSR count). The maximum atomic E-state index is 14.9. The van der Waals surface area contributed by atoms with Gasteiger partial charge in [0, 0.05) is 29.1 Å². The van der Waals surface area contributed by atoms with Crippen molar-refractivity contribution in [2.24, 2.45) is 0 Å². The van der Waals surface area contributed by atoms with E-state index in [-0.39, 0.29) is 36.9 Å². The number of benzene rings is 1. The van der Waals surface area contributed by atoms with Crippen molar-refractivity contribution in [1.29, 1.82) is 0 Å². The van der Waals surface area contributed by atoms with Gasteiger partial charge in [-0.25, -0.2) is 14.4 Å². The second-order valence-corrected chi connectivity index (χ2v) is 7.73. The van der Waals surface area contributed by atoms with E-state index in [4.69, 9.17) is 9.47 Å². The van der Waals surface area contributed by atoms with Crippen LogP contribution in [-0.2, 0) is 9.53 Å². The van der Waals surface area contributed by atoms with Crippen LogP contribution < -0.4 is 20.7 Å². The number of halogens is 1. The molecule has 3 aromatic rings. The molecule has 2 aromatic heterocycles. The largest absolute Gasteiger partial charge is 0.494 e. The Hall–Kier alpha value is -3.76. The first-order valence-electron chi connectivity index (χ1n) is 10.8. The van der Waals surface area contributed by atoms with Gasteiger partial charge in [0.15, 0.2) is 11.6 Å². The summed E-state index contributed by atoms with van der Waals surface area (Å²) in [5.41, 5.74) is 0.697. The van der Waals surface area contributed by atoms with Crippen LogP contribution in [0.25, 0.3) is 22.0 Å². The van der Waals surface area contributed by atoms with Gasteiger partial charge in [0.25, 0.3) is 0 Å². The molecule has 0 unspecified atom stereocenters. The van der Waals surface area contributed by atoms with Crippen molar-refractivity contribution in [3.63, 3.8) is 0 Å². The molecule has 0 spiro atoms. The number of hydrogen-bond acceptors (Lipinski definition) is 8. The topological polar surface area (TPSA) is 118 Å². The van der Waals surface area contributed by atoms with Gasteiger partial charge in [-0.2, -0.15) is 0 Å². The highest BCUT2D eigenvalue weighted by Crippen LogP contribution is 2.33.